The molecule has 0 aromatic heterocycles. The molecule has 0 aliphatic heterocycles. The van der Waals surface area contributed by atoms with Crippen LogP contribution < -0.4 is 5.32 Å². The van der Waals surface area contributed by atoms with Crippen molar-refractivity contribution in [3.8, 4) is 0 Å². The molecule has 0 saturated heterocycles. The van der Waals surface area contributed by atoms with Gasteiger partial charge in [-0.15, -0.1) is 0 Å². The molecule has 0 saturated carbocycles. The molecular weight excluding hydrogens is 188 g/mol. The Balaban J connectivity index is 4.44. The van der Waals surface area contributed by atoms with Crippen LogP contribution in [0.1, 0.15) is 34.6 Å². The van der Waals surface area contributed by atoms with Crippen LogP contribution in [-0.2, 0) is 0 Å². The second-order valence-electron chi connectivity index (χ2n) is 5.51. The molecule has 0 fully saturated rings. The molecule has 0 spiro atoms. The normalized spacial score (nSPS) is 16.1. The fourth-order valence-corrected chi connectivity index (χ4v) is 5.35. The third-order valence-electron chi connectivity index (χ3n) is 2.59. The summed E-state index contributed by atoms with van der Waals surface area (Å²) in [5.41, 5.74) is 0.895. The van der Waals surface area contributed by atoms with Gasteiger partial charge in [-0.25, -0.2) is 0 Å². The molecule has 1 N–H and O–H groups in total. The molecule has 3 heteroatoms. The Morgan fingerprint density at radius 3 is 2.07 bits per heavy atom. The van der Waals surface area contributed by atoms with Crippen LogP contribution in [0.2, 0.25) is 10.6 Å². The van der Waals surface area contributed by atoms with Gasteiger partial charge in [-0.3, -0.25) is 4.90 Å². The van der Waals surface area contributed by atoms with Gasteiger partial charge < -0.3 is 5.32 Å². The van der Waals surface area contributed by atoms with E-state index in [1.807, 2.05) is 0 Å². The summed E-state index contributed by atoms with van der Waals surface area (Å²) in [5, 5.41) is 4.05. The number of nitrogens with zero attached hydrogens (tertiary/aromatic N) is 1. The van der Waals surface area contributed by atoms with Crippen LogP contribution in [0.25, 0.3) is 0 Å². The minimum absolute atomic E-state index is 0.0407. The maximum Gasteiger partial charge on any atom is 0.0614 e. The van der Waals surface area contributed by atoms with Crippen molar-refractivity contribution < 1.29 is 0 Å². The topological polar surface area (TPSA) is 15.3 Å². The summed E-state index contributed by atoms with van der Waals surface area (Å²) in [6.07, 6.45) is 0.529. The maximum absolute atomic E-state index is 3.59. The maximum atomic E-state index is 3.59. The second kappa shape index (κ2) is 5.88. The molecule has 2 nitrogen and oxygen atoms in total. The van der Waals surface area contributed by atoms with Crippen LogP contribution in [0, 0.1) is 0 Å². The molecule has 14 heavy (non-hydrogen) atoms. The van der Waals surface area contributed by atoms with E-state index in [-0.39, 0.29) is 9.52 Å². The van der Waals surface area contributed by atoms with Crippen molar-refractivity contribution in [3.63, 3.8) is 0 Å². The van der Waals surface area contributed by atoms with Crippen LogP contribution in [0.5, 0.6) is 0 Å². The van der Waals surface area contributed by atoms with Crippen molar-refractivity contribution in [2.45, 2.75) is 51.4 Å². The van der Waals surface area contributed by atoms with Gasteiger partial charge in [0.15, 0.2) is 0 Å². The summed E-state index contributed by atoms with van der Waals surface area (Å²) in [6.45, 7) is 12.8. The molecule has 0 aliphatic rings. The molecule has 0 aromatic carbocycles. The van der Waals surface area contributed by atoms with Crippen LogP contribution in [0.4, 0.5) is 0 Å². The number of nitrogens with one attached hydrogen (secondary N) is 1. The van der Waals surface area contributed by atoms with Gasteiger partial charge in [-0.1, -0.05) is 40.2 Å². The Bertz CT molecular complexity index is 155. The average Bonchev–Trinajstić information content (AvgIpc) is 1.96. The van der Waals surface area contributed by atoms with E-state index in [2.05, 4.69) is 58.9 Å². The summed E-state index contributed by atoms with van der Waals surface area (Å²) in [5.74, 6) is 0. The standard InChI is InChI=1S/C11H28N2Si/c1-8-12-10(13(6)7)11(4,5)14-9(2)3/h9-10,12H,8,14H2,1-7H3. The molecule has 0 aliphatic carbocycles. The fourth-order valence-electron chi connectivity index (χ4n) is 2.52. The van der Waals surface area contributed by atoms with Gasteiger partial charge in [-0.05, 0) is 25.7 Å². The zero-order chi connectivity index (χ0) is 11.4. The van der Waals surface area contributed by atoms with Gasteiger partial charge in [0.1, 0.15) is 0 Å². The minimum atomic E-state index is -0.0407. The molecule has 1 unspecified atom stereocenters. The molecule has 0 heterocycles. The molecule has 0 aromatic rings. The SMILES string of the molecule is CCNC(N(C)C)C(C)(C)[SiH2]C(C)C. The lowest BCUT2D eigenvalue weighted by atomic mass is 10.1. The highest BCUT2D eigenvalue weighted by atomic mass is 28.2. The Kier molecular flexibility index (Phi) is 5.94. The van der Waals surface area contributed by atoms with Gasteiger partial charge in [0.2, 0.25) is 0 Å². The number of rotatable bonds is 6. The summed E-state index contributed by atoms with van der Waals surface area (Å²) in [7, 11) is 4.30. The largest absolute Gasteiger partial charge is 0.302 e. The first-order chi connectivity index (χ1) is 6.31. The first-order valence-corrected chi connectivity index (χ1v) is 7.23. The summed E-state index contributed by atoms with van der Waals surface area (Å²) in [6, 6.07) is 0. The highest BCUT2D eigenvalue weighted by Crippen LogP contribution is 2.32. The van der Waals surface area contributed by atoms with Crippen molar-refractivity contribution >= 4 is 9.52 Å². The van der Waals surface area contributed by atoms with Crippen LogP contribution in [0.15, 0.2) is 0 Å². The highest BCUT2D eigenvalue weighted by molar-refractivity contribution is 6.41. The Labute approximate surface area is 92.3 Å². The third-order valence-corrected chi connectivity index (χ3v) is 4.84. The average molecular weight is 216 g/mol. The van der Waals surface area contributed by atoms with Crippen LogP contribution in [-0.4, -0.2) is 41.2 Å². The van der Waals surface area contributed by atoms with Gasteiger partial charge in [-0.2, -0.15) is 0 Å². The summed E-state index contributed by atoms with van der Waals surface area (Å²) >= 11 is 0. The van der Waals surface area contributed by atoms with Gasteiger partial charge in [0.05, 0.1) is 6.17 Å². The Morgan fingerprint density at radius 1 is 1.29 bits per heavy atom. The first kappa shape index (κ1) is 14.1. The summed E-state index contributed by atoms with van der Waals surface area (Å²) < 4.78 is 0. The third kappa shape index (κ3) is 4.58. The smallest absolute Gasteiger partial charge is 0.0614 e. The van der Waals surface area contributed by atoms with Crippen molar-refractivity contribution in [2.24, 2.45) is 0 Å². The minimum Gasteiger partial charge on any atom is -0.302 e. The quantitative estimate of drug-likeness (QED) is 0.537. The van der Waals surface area contributed by atoms with Crippen molar-refractivity contribution in [1.82, 2.24) is 10.2 Å². The van der Waals surface area contributed by atoms with Crippen LogP contribution >= 0.6 is 0 Å². The summed E-state index contributed by atoms with van der Waals surface area (Å²) in [4.78, 5) is 2.32. The van der Waals surface area contributed by atoms with Crippen LogP contribution in [0.3, 0.4) is 0 Å². The van der Waals surface area contributed by atoms with E-state index < -0.39 is 0 Å². The monoisotopic (exact) mass is 216 g/mol. The molecule has 0 radical (unpaired) electrons. The predicted octanol–water partition coefficient (Wildman–Crippen LogP) is 1.68. The molecule has 0 bridgehead atoms. The molecule has 1 atom stereocenters. The fraction of sp³-hybridized carbons (Fsp3) is 1.00. The Morgan fingerprint density at radius 2 is 1.79 bits per heavy atom. The van der Waals surface area contributed by atoms with E-state index in [1.165, 1.54) is 0 Å². The molecule has 0 amide bonds. The van der Waals surface area contributed by atoms with E-state index in [4.69, 9.17) is 0 Å². The zero-order valence-corrected chi connectivity index (χ0v) is 12.4. The van der Waals surface area contributed by atoms with Gasteiger partial charge in [0, 0.05) is 9.52 Å². The Hall–Kier alpha value is 0.137. The molecular formula is C11H28N2Si. The number of hydrogen-bond acceptors (Lipinski definition) is 2. The molecule has 86 valence electrons. The predicted molar refractivity (Wildman–Crippen MR) is 68.8 cm³/mol. The van der Waals surface area contributed by atoms with Crippen molar-refractivity contribution in [1.29, 1.82) is 0 Å². The van der Waals surface area contributed by atoms with Gasteiger partial charge in [0.25, 0.3) is 0 Å². The van der Waals surface area contributed by atoms with E-state index in [0.29, 0.717) is 11.2 Å². The van der Waals surface area contributed by atoms with E-state index in [1.54, 1.807) is 0 Å². The van der Waals surface area contributed by atoms with Crippen molar-refractivity contribution in [3.05, 3.63) is 0 Å². The lowest BCUT2D eigenvalue weighted by Gasteiger charge is -2.40. The lowest BCUT2D eigenvalue weighted by Crippen LogP contribution is -2.50. The molecule has 0 rings (SSSR count). The lowest BCUT2D eigenvalue weighted by molar-refractivity contribution is 0.199. The zero-order valence-electron chi connectivity index (χ0n) is 11.0. The highest BCUT2D eigenvalue weighted by Gasteiger charge is 2.31. The van der Waals surface area contributed by atoms with E-state index in [0.717, 1.165) is 12.1 Å². The second-order valence-corrected chi connectivity index (χ2v) is 9.37. The van der Waals surface area contributed by atoms with E-state index in [9.17, 15) is 0 Å². The first-order valence-electron chi connectivity index (χ1n) is 5.71. The van der Waals surface area contributed by atoms with Gasteiger partial charge >= 0.3 is 0 Å². The van der Waals surface area contributed by atoms with Crippen molar-refractivity contribution in [2.75, 3.05) is 20.6 Å². The van der Waals surface area contributed by atoms with E-state index >= 15 is 0 Å². The number of hydrogen-bond donors (Lipinski definition) is 1.